The summed E-state index contributed by atoms with van der Waals surface area (Å²) in [5.41, 5.74) is 20.7. The molecule has 9 aromatic carbocycles. The van der Waals surface area contributed by atoms with Crippen LogP contribution in [0, 0.1) is 79.1 Å². The van der Waals surface area contributed by atoms with Crippen LogP contribution < -0.4 is 19.6 Å². The van der Waals surface area contributed by atoms with E-state index in [0.29, 0.717) is 0 Å². The van der Waals surface area contributed by atoms with Crippen LogP contribution >= 0.6 is 0 Å². The largest absolute Gasteiger partial charge is 3.00 e. The monoisotopic (exact) mass is 1540 g/mol. The molecule has 17 rings (SSSR count). The molecule has 8 heterocycles. The van der Waals surface area contributed by atoms with E-state index in [2.05, 4.69) is 192 Å². The van der Waals surface area contributed by atoms with E-state index in [0.717, 1.165) is 73.7 Å². The quantitative estimate of drug-likeness (QED) is 0.122. The molecular weight excluding hydrogens is 1480 g/mol. The Bertz CT molecular complexity index is 4800. The van der Waals surface area contributed by atoms with Crippen LogP contribution in [0.3, 0.4) is 0 Å². The second-order valence-corrected chi connectivity index (χ2v) is 22.3. The van der Waals surface area contributed by atoms with Gasteiger partial charge in [0.2, 0.25) is 0 Å². The topological polar surface area (TPSA) is 99.1 Å². The average Bonchev–Trinajstić information content (AvgIpc) is 1.72. The summed E-state index contributed by atoms with van der Waals surface area (Å²) >= 11 is 0. The standard InChI is InChI=1S/2C24H19N2.C17H12N4.C12H10N4.2Ir/c2*1-15-11-12-21-20(13-15)18-9-4-5-10-19(18)24-25-14-22(26(21)24)23-16(2)7-6-8-17(23)3;1-3-7-14(8-4-1)20-13-21(15-9-5-2-6-10-15)17-16(20)18-11-12-19-17;1-15-9-16(10-5-3-2-4-6-10)12-11(15)7-13-8-14-12;;/h2*4-9,11-14H,1-3H3;1-9,11-13H;2-5,7-9H,1H3;;/q2*-1;2*-2;2*+3. The van der Waals surface area contributed by atoms with Crippen molar-refractivity contribution in [3.63, 3.8) is 0 Å². The predicted molar refractivity (Wildman–Crippen MR) is 362 cm³/mol. The Morgan fingerprint density at radius 3 is 1.36 bits per heavy atom. The fourth-order valence-electron chi connectivity index (χ4n) is 12.3. The molecule has 12 nitrogen and oxygen atoms in total. The van der Waals surface area contributed by atoms with Gasteiger partial charge in [-0.15, -0.1) is 77.3 Å². The van der Waals surface area contributed by atoms with Crippen LogP contribution in [0.1, 0.15) is 33.4 Å². The first kappa shape index (κ1) is 61.3. The van der Waals surface area contributed by atoms with Gasteiger partial charge in [0.1, 0.15) is 23.8 Å². The van der Waals surface area contributed by atoms with Gasteiger partial charge in [0.25, 0.3) is 0 Å². The molecule has 0 spiro atoms. The maximum atomic E-state index is 4.81. The predicted octanol–water partition coefficient (Wildman–Crippen LogP) is 17.7. The van der Waals surface area contributed by atoms with Crippen LogP contribution in [0.5, 0.6) is 0 Å². The summed E-state index contributed by atoms with van der Waals surface area (Å²) in [6, 6.07) is 77.6. The molecule has 0 amide bonds. The summed E-state index contributed by atoms with van der Waals surface area (Å²) in [4.78, 5) is 34.9. The van der Waals surface area contributed by atoms with Crippen molar-refractivity contribution in [2.45, 2.75) is 41.5 Å². The Labute approximate surface area is 556 Å². The summed E-state index contributed by atoms with van der Waals surface area (Å²) in [6.45, 7) is 16.9. The molecule has 446 valence electrons. The molecule has 0 N–H and O–H groups in total. The number of nitrogens with zero attached hydrogens (tertiary/aromatic N) is 12. The molecule has 91 heavy (non-hydrogen) atoms. The number of rotatable bonds is 5. The number of fused-ring (bicyclic) bond motifs is 14. The minimum Gasteiger partial charge on any atom is -0.501 e. The zero-order valence-corrected chi connectivity index (χ0v) is 55.8. The van der Waals surface area contributed by atoms with Crippen molar-refractivity contribution in [1.29, 1.82) is 0 Å². The molecule has 6 aromatic heterocycles. The molecule has 0 radical (unpaired) electrons. The molecule has 15 aromatic rings. The van der Waals surface area contributed by atoms with E-state index in [1.165, 1.54) is 77.1 Å². The van der Waals surface area contributed by atoms with Gasteiger partial charge in [0, 0.05) is 52.6 Å². The molecule has 14 heteroatoms. The summed E-state index contributed by atoms with van der Waals surface area (Å²) in [6.07, 6.45) is 10.8. The third-order valence-corrected chi connectivity index (χ3v) is 16.4. The molecule has 2 aliphatic heterocycles. The minimum absolute atomic E-state index is 0. The number of anilines is 7. The summed E-state index contributed by atoms with van der Waals surface area (Å²) in [5, 5.41) is 7.05. The first-order valence-corrected chi connectivity index (χ1v) is 29.5. The van der Waals surface area contributed by atoms with Crippen LogP contribution in [0.25, 0.3) is 77.2 Å². The minimum atomic E-state index is 0. The van der Waals surface area contributed by atoms with Crippen molar-refractivity contribution < 1.29 is 40.2 Å². The SMILES string of the molecule is CN1[CH-]N(c2[c-]cccc2)c2ncncc21.Cc1ccc2c(c1)c1ccc[c-]c1c1ncc(-c3c(C)cccc3C)n21.Cc1ccc2c(c1)c1ccc[c-]c1c1ncc(-c3c(C)cccc3C)n21.[Ir+3].[Ir+3].[c-]1ccccc1N1[CH-]N(c2ccccc2)c2nccnc21. The Morgan fingerprint density at radius 2 is 0.868 bits per heavy atom. The first-order valence-electron chi connectivity index (χ1n) is 29.5. The number of aryl methyl sites for hydroxylation is 6. The van der Waals surface area contributed by atoms with E-state index < -0.39 is 0 Å². The number of para-hydroxylation sites is 3. The number of imidazole rings is 2. The molecule has 0 unspecified atom stereocenters. The molecule has 0 bridgehead atoms. The second kappa shape index (κ2) is 26.3. The van der Waals surface area contributed by atoms with Crippen molar-refractivity contribution in [1.82, 2.24) is 38.7 Å². The fraction of sp³-hybridized carbons (Fsp3) is 0.0909. The Hall–Kier alpha value is -9.94. The maximum absolute atomic E-state index is 4.81. The van der Waals surface area contributed by atoms with Gasteiger partial charge in [0.15, 0.2) is 0 Å². The van der Waals surface area contributed by atoms with Crippen LogP contribution in [-0.2, 0) is 40.2 Å². The van der Waals surface area contributed by atoms with Crippen molar-refractivity contribution in [2.75, 3.05) is 26.6 Å². The number of hydrogen-bond donors (Lipinski definition) is 0. The van der Waals surface area contributed by atoms with E-state index in [1.807, 2.05) is 150 Å². The van der Waals surface area contributed by atoms with Gasteiger partial charge in [-0.1, -0.05) is 101 Å². The normalized spacial score (nSPS) is 12.2. The number of hydrogen-bond acceptors (Lipinski definition) is 10. The maximum Gasteiger partial charge on any atom is 3.00 e. The van der Waals surface area contributed by atoms with E-state index >= 15 is 0 Å². The van der Waals surface area contributed by atoms with Gasteiger partial charge in [-0.05, 0) is 106 Å². The van der Waals surface area contributed by atoms with Crippen molar-refractivity contribution >= 4 is 94.8 Å². The molecule has 0 aliphatic carbocycles. The molecule has 2 aliphatic rings. The zero-order valence-electron chi connectivity index (χ0n) is 51.0. The van der Waals surface area contributed by atoms with Crippen molar-refractivity contribution in [3.8, 4) is 22.5 Å². The Balaban J connectivity index is 0.000000118. The van der Waals surface area contributed by atoms with Gasteiger partial charge >= 0.3 is 40.2 Å². The Kier molecular flexibility index (Phi) is 17.7. The van der Waals surface area contributed by atoms with Gasteiger partial charge < -0.3 is 28.4 Å². The zero-order chi connectivity index (χ0) is 60.7. The number of aromatic nitrogens is 8. The van der Waals surface area contributed by atoms with Crippen molar-refractivity contribution in [2.24, 2.45) is 0 Å². The van der Waals surface area contributed by atoms with Gasteiger partial charge in [-0.2, -0.15) is 67.3 Å². The number of benzene rings is 9. The summed E-state index contributed by atoms with van der Waals surface area (Å²) < 4.78 is 4.59. The number of pyridine rings is 2. The second-order valence-electron chi connectivity index (χ2n) is 22.3. The van der Waals surface area contributed by atoms with Crippen LogP contribution in [0.15, 0.2) is 225 Å². The van der Waals surface area contributed by atoms with Crippen molar-refractivity contribution in [3.05, 3.63) is 296 Å². The average molecular weight is 1540 g/mol. The van der Waals surface area contributed by atoms with Crippen LogP contribution in [0.4, 0.5) is 40.2 Å². The summed E-state index contributed by atoms with van der Waals surface area (Å²) in [7, 11) is 1.98. The van der Waals surface area contributed by atoms with E-state index in [4.69, 9.17) is 9.97 Å². The fourth-order valence-corrected chi connectivity index (χ4v) is 12.3. The third-order valence-electron chi connectivity index (χ3n) is 16.4. The van der Waals surface area contributed by atoms with Gasteiger partial charge in [0.05, 0.1) is 34.6 Å². The first-order chi connectivity index (χ1) is 43.6. The molecule has 0 saturated carbocycles. The van der Waals surface area contributed by atoms with E-state index in [-0.39, 0.29) is 40.2 Å². The van der Waals surface area contributed by atoms with E-state index in [9.17, 15) is 0 Å². The van der Waals surface area contributed by atoms with Gasteiger partial charge in [-0.3, -0.25) is 9.97 Å². The molecular formula is C77H60Ir2N12. The third kappa shape index (κ3) is 11.5. The molecule has 0 fully saturated rings. The molecule has 0 saturated heterocycles. The van der Waals surface area contributed by atoms with Crippen LogP contribution in [-0.4, -0.2) is 45.8 Å². The van der Waals surface area contributed by atoms with Crippen LogP contribution in [0.2, 0.25) is 0 Å². The summed E-state index contributed by atoms with van der Waals surface area (Å²) in [5.74, 6) is 2.52. The molecule has 0 atom stereocenters. The smallest absolute Gasteiger partial charge is 0.501 e. The Morgan fingerprint density at radius 1 is 0.396 bits per heavy atom. The van der Waals surface area contributed by atoms with E-state index in [1.54, 1.807) is 18.7 Å². The van der Waals surface area contributed by atoms with Gasteiger partial charge in [-0.25, -0.2) is 19.9 Å².